The first kappa shape index (κ1) is 25.0. The van der Waals surface area contributed by atoms with Crippen molar-refractivity contribution in [2.75, 3.05) is 21.5 Å². The summed E-state index contributed by atoms with van der Waals surface area (Å²) in [5, 5.41) is 2.95. The van der Waals surface area contributed by atoms with Crippen molar-refractivity contribution in [3.05, 3.63) is 75.7 Å². The number of hydrogen-bond donors (Lipinski definition) is 1. The van der Waals surface area contributed by atoms with Crippen LogP contribution in [0, 0.1) is 18.6 Å². The molecule has 0 saturated carbocycles. The summed E-state index contributed by atoms with van der Waals surface area (Å²) in [4.78, 5) is 7.76. The van der Waals surface area contributed by atoms with Crippen LogP contribution in [0.2, 0.25) is 0 Å². The average Bonchev–Trinajstić information content (AvgIpc) is 2.67. The molecule has 33 heavy (non-hydrogen) atoms. The lowest BCUT2D eigenvalue weighted by atomic mass is 10.0. The summed E-state index contributed by atoms with van der Waals surface area (Å²) in [6.07, 6.45) is 5.35. The number of benzene rings is 1. The average molecular weight is 561 g/mol. The Balaban J connectivity index is 2.00. The molecule has 0 unspecified atom stereocenters. The van der Waals surface area contributed by atoms with E-state index in [0.29, 0.717) is 33.8 Å². The molecule has 0 atom stereocenters. The number of nitrogens with zero attached hydrogens (tertiary/aromatic N) is 3. The largest absolute Gasteiger partial charge is 0.352 e. The van der Waals surface area contributed by atoms with Crippen LogP contribution in [0.5, 0.6) is 0 Å². The fraction of sp³-hybridized carbons (Fsp3) is 0.200. The van der Waals surface area contributed by atoms with Gasteiger partial charge in [-0.1, -0.05) is 15.9 Å². The van der Waals surface area contributed by atoms with Crippen LogP contribution in [0.15, 0.2) is 47.3 Å². The summed E-state index contributed by atoms with van der Waals surface area (Å²) in [5.41, 5.74) is 1.91. The van der Waals surface area contributed by atoms with Gasteiger partial charge in [-0.25, -0.2) is 30.6 Å². The molecule has 8 nitrogen and oxygen atoms in total. The van der Waals surface area contributed by atoms with E-state index >= 15 is 4.39 Å². The Hall–Kier alpha value is -2.64. The maximum atomic E-state index is 15.2. The monoisotopic (exact) mass is 560 g/mol. The second kappa shape index (κ2) is 9.31. The second-order valence-corrected chi connectivity index (χ2v) is 12.0. The Bertz CT molecular complexity index is 1400. The van der Waals surface area contributed by atoms with Crippen LogP contribution in [0.3, 0.4) is 0 Å². The molecule has 3 rings (SSSR count). The standard InChI is InChI=1S/C20H19BrF2N4O4S2/c1-12-14(10-24-11-18(12)26-17-5-4-15(21)9-16(17)22)8-13-6-7-25-20(19(13)23)27(32(2,28)29)33(3,30)31/h4-7,9-11,26H,8H2,1-3H3. The lowest BCUT2D eigenvalue weighted by Crippen LogP contribution is -2.36. The number of aromatic nitrogens is 2. The zero-order valence-electron chi connectivity index (χ0n) is 17.7. The van der Waals surface area contributed by atoms with Gasteiger partial charge in [0, 0.05) is 23.3 Å². The van der Waals surface area contributed by atoms with Crippen LogP contribution in [0.4, 0.5) is 26.0 Å². The van der Waals surface area contributed by atoms with E-state index < -0.39 is 37.5 Å². The Morgan fingerprint density at radius 3 is 2.27 bits per heavy atom. The summed E-state index contributed by atoms with van der Waals surface area (Å²) in [7, 11) is -8.73. The highest BCUT2D eigenvalue weighted by Gasteiger charge is 2.32. The van der Waals surface area contributed by atoms with Crippen LogP contribution in [0.1, 0.15) is 16.7 Å². The van der Waals surface area contributed by atoms with Gasteiger partial charge in [-0.2, -0.15) is 0 Å². The van der Waals surface area contributed by atoms with Crippen LogP contribution in [-0.4, -0.2) is 39.3 Å². The molecule has 1 N–H and O–H groups in total. The van der Waals surface area contributed by atoms with Crippen molar-refractivity contribution < 1.29 is 25.6 Å². The molecule has 0 spiro atoms. The summed E-state index contributed by atoms with van der Waals surface area (Å²) in [6, 6.07) is 5.83. The molecule has 0 bridgehead atoms. The molecule has 0 aliphatic heterocycles. The van der Waals surface area contributed by atoms with Crippen molar-refractivity contribution in [2.45, 2.75) is 13.3 Å². The van der Waals surface area contributed by atoms with Crippen molar-refractivity contribution in [3.8, 4) is 0 Å². The van der Waals surface area contributed by atoms with Gasteiger partial charge in [-0.15, -0.1) is 3.71 Å². The van der Waals surface area contributed by atoms with E-state index in [1.54, 1.807) is 19.1 Å². The number of nitrogens with one attached hydrogen (secondary N) is 1. The highest BCUT2D eigenvalue weighted by atomic mass is 79.9. The highest BCUT2D eigenvalue weighted by Crippen LogP contribution is 2.29. The zero-order valence-corrected chi connectivity index (χ0v) is 20.9. The van der Waals surface area contributed by atoms with Crippen LogP contribution in [0.25, 0.3) is 0 Å². The van der Waals surface area contributed by atoms with E-state index in [0.717, 1.165) is 6.20 Å². The predicted molar refractivity (Wildman–Crippen MR) is 126 cm³/mol. The highest BCUT2D eigenvalue weighted by molar-refractivity contribution is 9.10. The van der Waals surface area contributed by atoms with Gasteiger partial charge in [0.2, 0.25) is 20.0 Å². The number of sulfonamides is 2. The van der Waals surface area contributed by atoms with E-state index in [1.807, 2.05) is 0 Å². The van der Waals surface area contributed by atoms with Gasteiger partial charge in [-0.05, 0) is 47.9 Å². The SMILES string of the molecule is Cc1c(Cc2ccnc(N(S(C)(=O)=O)S(C)(=O)=O)c2F)cncc1Nc1ccc(Br)cc1F. The Morgan fingerprint density at radius 2 is 1.67 bits per heavy atom. The van der Waals surface area contributed by atoms with Crippen molar-refractivity contribution in [1.82, 2.24) is 9.97 Å². The minimum atomic E-state index is -4.36. The molecular weight excluding hydrogens is 542 g/mol. The van der Waals surface area contributed by atoms with Crippen LogP contribution >= 0.6 is 15.9 Å². The summed E-state index contributed by atoms with van der Waals surface area (Å²) in [6.45, 7) is 1.73. The lowest BCUT2D eigenvalue weighted by Gasteiger charge is -2.20. The smallest absolute Gasteiger partial charge is 0.246 e. The molecule has 2 heterocycles. The van der Waals surface area contributed by atoms with Gasteiger partial charge < -0.3 is 5.32 Å². The zero-order chi connectivity index (χ0) is 24.6. The van der Waals surface area contributed by atoms with Crippen molar-refractivity contribution in [1.29, 1.82) is 0 Å². The van der Waals surface area contributed by atoms with E-state index in [2.05, 4.69) is 31.2 Å². The van der Waals surface area contributed by atoms with E-state index in [1.165, 1.54) is 24.5 Å². The summed E-state index contributed by atoms with van der Waals surface area (Å²) < 4.78 is 78.0. The minimum absolute atomic E-state index is 0.00849. The topological polar surface area (TPSA) is 109 Å². The molecule has 0 saturated heterocycles. The first-order chi connectivity index (χ1) is 15.3. The molecule has 2 aromatic heterocycles. The number of pyridine rings is 2. The third-order valence-electron chi connectivity index (χ3n) is 4.63. The van der Waals surface area contributed by atoms with Gasteiger partial charge in [0.05, 0.1) is 30.1 Å². The molecule has 1 aromatic carbocycles. The molecule has 176 valence electrons. The van der Waals surface area contributed by atoms with Crippen LogP contribution in [-0.2, 0) is 26.5 Å². The van der Waals surface area contributed by atoms with Gasteiger partial charge in [-0.3, -0.25) is 4.98 Å². The Morgan fingerprint density at radius 1 is 1.00 bits per heavy atom. The molecule has 0 radical (unpaired) electrons. The van der Waals surface area contributed by atoms with Gasteiger partial charge in [0.25, 0.3) is 0 Å². The van der Waals surface area contributed by atoms with E-state index in [4.69, 9.17) is 0 Å². The van der Waals surface area contributed by atoms with Gasteiger partial charge in [0.1, 0.15) is 5.82 Å². The summed E-state index contributed by atoms with van der Waals surface area (Å²) in [5.74, 6) is -2.42. The first-order valence-electron chi connectivity index (χ1n) is 9.28. The van der Waals surface area contributed by atoms with Crippen molar-refractivity contribution >= 4 is 53.2 Å². The molecule has 0 fully saturated rings. The maximum absolute atomic E-state index is 15.2. The van der Waals surface area contributed by atoms with Gasteiger partial charge >= 0.3 is 0 Å². The summed E-state index contributed by atoms with van der Waals surface area (Å²) >= 11 is 3.19. The third-order valence-corrected chi connectivity index (χ3v) is 8.30. The maximum Gasteiger partial charge on any atom is 0.246 e. The van der Waals surface area contributed by atoms with E-state index in [-0.39, 0.29) is 21.4 Å². The number of rotatable bonds is 7. The third kappa shape index (κ3) is 5.65. The minimum Gasteiger partial charge on any atom is -0.352 e. The van der Waals surface area contributed by atoms with E-state index in [9.17, 15) is 21.2 Å². The van der Waals surface area contributed by atoms with Crippen molar-refractivity contribution in [3.63, 3.8) is 0 Å². The lowest BCUT2D eigenvalue weighted by molar-refractivity contribution is 0.581. The van der Waals surface area contributed by atoms with Crippen LogP contribution < -0.4 is 9.03 Å². The van der Waals surface area contributed by atoms with Crippen molar-refractivity contribution in [2.24, 2.45) is 0 Å². The molecule has 0 aliphatic rings. The Kier molecular flexibility index (Phi) is 7.05. The number of hydrogen-bond acceptors (Lipinski definition) is 7. The number of anilines is 3. The molecule has 13 heteroatoms. The second-order valence-electron chi connectivity index (χ2n) is 7.23. The fourth-order valence-electron chi connectivity index (χ4n) is 3.11. The first-order valence-corrected chi connectivity index (χ1v) is 13.8. The Labute approximate surface area is 198 Å². The normalized spacial score (nSPS) is 11.9. The van der Waals surface area contributed by atoms with Gasteiger partial charge in [0.15, 0.2) is 11.6 Å². The molecule has 0 amide bonds. The molecular formula is C20H19BrF2N4O4S2. The molecule has 0 aliphatic carbocycles. The molecule has 3 aromatic rings. The quantitative estimate of drug-likeness (QED) is 0.466. The fourth-order valence-corrected chi connectivity index (χ4v) is 6.29. The number of halogens is 3. The predicted octanol–water partition coefficient (Wildman–Crippen LogP) is 3.89.